The topological polar surface area (TPSA) is 27.7 Å². The Kier molecular flexibility index (Phi) is 5.62. The van der Waals surface area contributed by atoms with Crippen molar-refractivity contribution in [3.8, 4) is 28.4 Å². The van der Waals surface area contributed by atoms with Gasteiger partial charge in [0, 0.05) is 32.0 Å². The molecule has 2 aliphatic rings. The second-order valence-corrected chi connectivity index (χ2v) is 11.9. The third kappa shape index (κ3) is 3.49. The molecule has 0 unspecified atom stereocenters. The molecule has 7 rings (SSSR count). The van der Waals surface area contributed by atoms with Crippen LogP contribution >= 0.6 is 15.9 Å². The number of halogens is 1. The predicted molar refractivity (Wildman–Crippen MR) is 166 cm³/mol. The van der Waals surface area contributed by atoms with Crippen LogP contribution in [0, 0.1) is 0 Å². The van der Waals surface area contributed by atoms with Crippen LogP contribution in [0.25, 0.3) is 28.0 Å². The van der Waals surface area contributed by atoms with E-state index in [1.165, 1.54) is 27.6 Å². The van der Waals surface area contributed by atoms with Gasteiger partial charge in [0.25, 0.3) is 0 Å². The molecule has 3 nitrogen and oxygen atoms in total. The molecule has 0 fully saturated rings. The minimum atomic E-state index is -0.832. The molecule has 198 valence electrons. The first-order valence-electron chi connectivity index (χ1n) is 13.4. The SMILES string of the molecule is COc1ccc(C2(c3ccc(OC)cc3)C=Cc3c4c(c5ccccc5c3O2)-c2ccc(Br)cc2C4(C)C)cc1. The standard InChI is InChI=1S/C36H29BrO3/c1-35(2)31-21-24(37)13-18-29(31)32-27-7-5-6-8-28(27)34-30(33(32)35)19-20-36(40-34,22-9-14-25(38-3)15-10-22)23-11-16-26(39-4)17-12-23/h5-21H,1-4H3. The third-order valence-electron chi connectivity index (χ3n) is 8.54. The number of ether oxygens (including phenoxy) is 3. The van der Waals surface area contributed by atoms with Crippen molar-refractivity contribution in [2.45, 2.75) is 24.9 Å². The molecule has 4 heteroatoms. The summed E-state index contributed by atoms with van der Waals surface area (Å²) in [6.07, 6.45) is 4.49. The van der Waals surface area contributed by atoms with Crippen molar-refractivity contribution in [1.29, 1.82) is 0 Å². The third-order valence-corrected chi connectivity index (χ3v) is 9.03. The number of rotatable bonds is 4. The molecule has 0 amide bonds. The molecule has 0 radical (unpaired) electrons. The Hall–Kier alpha value is -4.02. The summed E-state index contributed by atoms with van der Waals surface area (Å²) in [5.74, 6) is 2.52. The van der Waals surface area contributed by atoms with Crippen LogP contribution in [-0.4, -0.2) is 14.2 Å². The lowest BCUT2D eigenvalue weighted by molar-refractivity contribution is 0.163. The van der Waals surface area contributed by atoms with E-state index >= 15 is 0 Å². The van der Waals surface area contributed by atoms with Crippen molar-refractivity contribution in [3.05, 3.63) is 129 Å². The maximum Gasteiger partial charge on any atom is 0.178 e. The first kappa shape index (κ1) is 25.0. The second kappa shape index (κ2) is 9.00. The summed E-state index contributed by atoms with van der Waals surface area (Å²) in [7, 11) is 3.37. The highest BCUT2D eigenvalue weighted by Gasteiger charge is 2.44. The van der Waals surface area contributed by atoms with E-state index in [2.05, 4.69) is 109 Å². The molecular formula is C36H29BrO3. The first-order chi connectivity index (χ1) is 19.4. The van der Waals surface area contributed by atoms with E-state index in [-0.39, 0.29) is 5.41 Å². The number of hydrogen-bond donors (Lipinski definition) is 0. The molecule has 1 heterocycles. The number of benzene rings is 5. The van der Waals surface area contributed by atoms with Gasteiger partial charge in [-0.25, -0.2) is 0 Å². The number of fused-ring (bicyclic) bond motifs is 8. The lowest BCUT2D eigenvalue weighted by Gasteiger charge is -2.38. The van der Waals surface area contributed by atoms with Crippen LogP contribution in [0.2, 0.25) is 0 Å². The largest absolute Gasteiger partial charge is 0.497 e. The fourth-order valence-corrected chi connectivity index (χ4v) is 6.92. The van der Waals surface area contributed by atoms with Gasteiger partial charge in [0.1, 0.15) is 17.2 Å². The van der Waals surface area contributed by atoms with E-state index in [0.717, 1.165) is 43.8 Å². The summed E-state index contributed by atoms with van der Waals surface area (Å²) in [4.78, 5) is 0. The molecule has 0 aromatic heterocycles. The molecular weight excluding hydrogens is 560 g/mol. The van der Waals surface area contributed by atoms with Crippen molar-refractivity contribution in [2.24, 2.45) is 0 Å². The summed E-state index contributed by atoms with van der Waals surface area (Å²) in [6, 6.07) is 31.6. The van der Waals surface area contributed by atoms with Crippen molar-refractivity contribution in [2.75, 3.05) is 14.2 Å². The van der Waals surface area contributed by atoms with Gasteiger partial charge in [-0.3, -0.25) is 0 Å². The van der Waals surface area contributed by atoms with Crippen LogP contribution in [-0.2, 0) is 11.0 Å². The van der Waals surface area contributed by atoms with Gasteiger partial charge in [0.15, 0.2) is 5.60 Å². The highest BCUT2D eigenvalue weighted by atomic mass is 79.9. The molecule has 0 saturated carbocycles. The minimum absolute atomic E-state index is 0.198. The predicted octanol–water partition coefficient (Wildman–Crippen LogP) is 9.28. The summed E-state index contributed by atoms with van der Waals surface area (Å²) >= 11 is 3.72. The van der Waals surface area contributed by atoms with Gasteiger partial charge in [0.05, 0.1) is 14.2 Å². The summed E-state index contributed by atoms with van der Waals surface area (Å²) in [6.45, 7) is 4.64. The zero-order chi connectivity index (χ0) is 27.6. The van der Waals surface area contributed by atoms with Gasteiger partial charge in [-0.15, -0.1) is 0 Å². The average Bonchev–Trinajstić information content (AvgIpc) is 3.23. The van der Waals surface area contributed by atoms with Crippen molar-refractivity contribution < 1.29 is 14.2 Å². The highest BCUT2D eigenvalue weighted by Crippen LogP contribution is 2.58. The average molecular weight is 590 g/mol. The Balaban J connectivity index is 1.52. The van der Waals surface area contributed by atoms with E-state index < -0.39 is 5.60 Å². The van der Waals surface area contributed by atoms with E-state index in [0.29, 0.717) is 0 Å². The maximum absolute atomic E-state index is 7.32. The normalized spacial score (nSPS) is 15.6. The van der Waals surface area contributed by atoms with Gasteiger partial charge in [-0.05, 0) is 70.1 Å². The van der Waals surface area contributed by atoms with Crippen LogP contribution in [0.1, 0.15) is 41.7 Å². The van der Waals surface area contributed by atoms with Gasteiger partial charge in [0.2, 0.25) is 0 Å². The highest BCUT2D eigenvalue weighted by molar-refractivity contribution is 9.10. The molecule has 0 spiro atoms. The zero-order valence-corrected chi connectivity index (χ0v) is 24.5. The lowest BCUT2D eigenvalue weighted by atomic mass is 9.77. The molecule has 0 saturated heterocycles. The zero-order valence-electron chi connectivity index (χ0n) is 22.9. The second-order valence-electron chi connectivity index (χ2n) is 11.0. The molecule has 0 atom stereocenters. The van der Waals surface area contributed by atoms with Crippen molar-refractivity contribution in [3.63, 3.8) is 0 Å². The Morgan fingerprint density at radius 2 is 1.32 bits per heavy atom. The van der Waals surface area contributed by atoms with Crippen LogP contribution < -0.4 is 14.2 Å². The molecule has 5 aromatic rings. The van der Waals surface area contributed by atoms with E-state index in [1.807, 2.05) is 24.3 Å². The Morgan fingerprint density at radius 3 is 1.93 bits per heavy atom. The molecule has 40 heavy (non-hydrogen) atoms. The smallest absolute Gasteiger partial charge is 0.178 e. The molecule has 1 aliphatic carbocycles. The summed E-state index contributed by atoms with van der Waals surface area (Å²) in [5, 5.41) is 2.32. The monoisotopic (exact) mass is 588 g/mol. The number of methoxy groups -OCH3 is 2. The molecule has 0 N–H and O–H groups in total. The van der Waals surface area contributed by atoms with Crippen LogP contribution in [0.3, 0.4) is 0 Å². The molecule has 0 bridgehead atoms. The Morgan fingerprint density at radius 1 is 0.725 bits per heavy atom. The quantitative estimate of drug-likeness (QED) is 0.209. The van der Waals surface area contributed by atoms with E-state index in [4.69, 9.17) is 14.2 Å². The lowest BCUT2D eigenvalue weighted by Crippen LogP contribution is -2.35. The molecule has 1 aliphatic heterocycles. The van der Waals surface area contributed by atoms with Gasteiger partial charge in [-0.2, -0.15) is 0 Å². The van der Waals surface area contributed by atoms with E-state index in [1.54, 1.807) is 14.2 Å². The van der Waals surface area contributed by atoms with Crippen LogP contribution in [0.4, 0.5) is 0 Å². The fraction of sp³-hybridized carbons (Fsp3) is 0.167. The van der Waals surface area contributed by atoms with Gasteiger partial charge >= 0.3 is 0 Å². The van der Waals surface area contributed by atoms with Gasteiger partial charge < -0.3 is 14.2 Å². The first-order valence-corrected chi connectivity index (χ1v) is 14.2. The van der Waals surface area contributed by atoms with Crippen LogP contribution in [0.5, 0.6) is 17.2 Å². The van der Waals surface area contributed by atoms with Crippen molar-refractivity contribution >= 4 is 32.8 Å². The van der Waals surface area contributed by atoms with E-state index in [9.17, 15) is 0 Å². The molecule has 5 aromatic carbocycles. The van der Waals surface area contributed by atoms with Crippen LogP contribution in [0.15, 0.2) is 102 Å². The minimum Gasteiger partial charge on any atom is -0.497 e. The summed E-state index contributed by atoms with van der Waals surface area (Å²) < 4.78 is 19.4. The Labute approximate surface area is 243 Å². The maximum atomic E-state index is 7.32. The number of hydrogen-bond acceptors (Lipinski definition) is 3. The van der Waals surface area contributed by atoms with Gasteiger partial charge in [-0.1, -0.05) is 90.5 Å². The van der Waals surface area contributed by atoms with Crippen molar-refractivity contribution in [1.82, 2.24) is 0 Å². The summed E-state index contributed by atoms with van der Waals surface area (Å²) in [5.41, 5.74) is 7.39. The Bertz CT molecular complexity index is 1770. The fourth-order valence-electron chi connectivity index (χ4n) is 6.56.